The van der Waals surface area contributed by atoms with Gasteiger partial charge in [-0.15, -0.1) is 0 Å². The summed E-state index contributed by atoms with van der Waals surface area (Å²) in [7, 11) is 0. The third-order valence-electron chi connectivity index (χ3n) is 2.13. The SMILES string of the molecule is O=CC1=NOC2C=CCC2C1. The van der Waals surface area contributed by atoms with Gasteiger partial charge in [0.05, 0.1) is 0 Å². The number of fused-ring (bicyclic) bond motifs is 1. The molecule has 2 unspecified atom stereocenters. The number of aldehydes is 1. The van der Waals surface area contributed by atoms with Crippen LogP contribution in [0.15, 0.2) is 17.3 Å². The van der Waals surface area contributed by atoms with E-state index < -0.39 is 0 Å². The quantitative estimate of drug-likeness (QED) is 0.412. The van der Waals surface area contributed by atoms with Gasteiger partial charge < -0.3 is 4.84 Å². The molecular weight excluding hydrogens is 142 g/mol. The Hall–Kier alpha value is -1.12. The van der Waals surface area contributed by atoms with Crippen LogP contribution in [0, 0.1) is 5.92 Å². The lowest BCUT2D eigenvalue weighted by Crippen LogP contribution is -2.25. The van der Waals surface area contributed by atoms with Crippen LogP contribution in [-0.2, 0) is 9.63 Å². The number of nitrogens with zero attached hydrogens (tertiary/aromatic N) is 1. The molecule has 2 aliphatic rings. The van der Waals surface area contributed by atoms with Crippen molar-refractivity contribution in [2.24, 2.45) is 11.1 Å². The molecule has 3 heteroatoms. The van der Waals surface area contributed by atoms with Crippen LogP contribution in [0.25, 0.3) is 0 Å². The van der Waals surface area contributed by atoms with Gasteiger partial charge in [-0.25, -0.2) is 0 Å². The van der Waals surface area contributed by atoms with E-state index in [0.29, 0.717) is 11.6 Å². The first-order valence-electron chi connectivity index (χ1n) is 3.74. The highest BCUT2D eigenvalue weighted by molar-refractivity contribution is 6.28. The van der Waals surface area contributed by atoms with Crippen molar-refractivity contribution in [2.75, 3.05) is 0 Å². The van der Waals surface area contributed by atoms with E-state index in [1.807, 2.05) is 6.08 Å². The summed E-state index contributed by atoms with van der Waals surface area (Å²) in [5.41, 5.74) is 0.537. The van der Waals surface area contributed by atoms with Crippen LogP contribution in [-0.4, -0.2) is 18.1 Å². The van der Waals surface area contributed by atoms with E-state index >= 15 is 0 Å². The van der Waals surface area contributed by atoms with Gasteiger partial charge in [0.1, 0.15) is 11.8 Å². The highest BCUT2D eigenvalue weighted by Gasteiger charge is 2.29. The number of carbonyl (C=O) groups excluding carboxylic acids is 1. The van der Waals surface area contributed by atoms with E-state index in [2.05, 4.69) is 11.2 Å². The number of carbonyl (C=O) groups is 1. The summed E-state index contributed by atoms with van der Waals surface area (Å²) >= 11 is 0. The molecule has 58 valence electrons. The summed E-state index contributed by atoms with van der Waals surface area (Å²) in [5.74, 6) is 0.452. The minimum atomic E-state index is 0.124. The number of hydrogen-bond acceptors (Lipinski definition) is 3. The molecule has 11 heavy (non-hydrogen) atoms. The van der Waals surface area contributed by atoms with Gasteiger partial charge in [-0.1, -0.05) is 11.2 Å². The van der Waals surface area contributed by atoms with Gasteiger partial charge in [0.25, 0.3) is 0 Å². The molecule has 0 saturated carbocycles. The molecule has 0 aromatic rings. The Morgan fingerprint density at radius 3 is 3.45 bits per heavy atom. The minimum absolute atomic E-state index is 0.124. The van der Waals surface area contributed by atoms with Crippen LogP contribution < -0.4 is 0 Å². The molecule has 0 fully saturated rings. The van der Waals surface area contributed by atoms with Crippen molar-refractivity contribution in [3.8, 4) is 0 Å². The second-order valence-electron chi connectivity index (χ2n) is 2.90. The highest BCUT2D eigenvalue weighted by Crippen LogP contribution is 2.28. The van der Waals surface area contributed by atoms with E-state index in [-0.39, 0.29) is 6.10 Å². The molecule has 0 aromatic heterocycles. The van der Waals surface area contributed by atoms with Crippen molar-refractivity contribution in [2.45, 2.75) is 18.9 Å². The van der Waals surface area contributed by atoms with Crippen LogP contribution >= 0.6 is 0 Å². The second-order valence-corrected chi connectivity index (χ2v) is 2.90. The van der Waals surface area contributed by atoms with E-state index in [9.17, 15) is 4.79 Å². The standard InChI is InChI=1S/C8H9NO2/c10-5-7-4-6-2-1-3-8(6)11-9-7/h1,3,5-6,8H,2,4H2. The van der Waals surface area contributed by atoms with E-state index in [1.54, 1.807) is 0 Å². The van der Waals surface area contributed by atoms with E-state index in [1.165, 1.54) is 0 Å². The second kappa shape index (κ2) is 2.49. The lowest BCUT2D eigenvalue weighted by molar-refractivity contribution is -0.103. The van der Waals surface area contributed by atoms with Gasteiger partial charge in [0.2, 0.25) is 0 Å². The smallest absolute Gasteiger partial charge is 0.167 e. The van der Waals surface area contributed by atoms with E-state index in [4.69, 9.17) is 4.84 Å². The molecule has 0 amide bonds. The maximum absolute atomic E-state index is 10.3. The fourth-order valence-electron chi connectivity index (χ4n) is 1.50. The summed E-state index contributed by atoms with van der Waals surface area (Å²) in [6.07, 6.45) is 6.76. The zero-order valence-corrected chi connectivity index (χ0v) is 6.06. The molecule has 0 bridgehead atoms. The molecule has 2 rings (SSSR count). The van der Waals surface area contributed by atoms with Crippen LogP contribution in [0.4, 0.5) is 0 Å². The third-order valence-corrected chi connectivity index (χ3v) is 2.13. The molecule has 0 aromatic carbocycles. The van der Waals surface area contributed by atoms with Gasteiger partial charge in [0, 0.05) is 12.3 Å². The zero-order valence-electron chi connectivity index (χ0n) is 6.06. The summed E-state index contributed by atoms with van der Waals surface area (Å²) in [5, 5.41) is 3.69. The highest BCUT2D eigenvalue weighted by atomic mass is 16.6. The molecule has 0 N–H and O–H groups in total. The predicted octanol–water partition coefficient (Wildman–Crippen LogP) is 0.906. The van der Waals surface area contributed by atoms with Gasteiger partial charge in [0.15, 0.2) is 6.29 Å². The maximum Gasteiger partial charge on any atom is 0.167 e. The van der Waals surface area contributed by atoms with Gasteiger partial charge in [-0.3, -0.25) is 4.79 Å². The van der Waals surface area contributed by atoms with Crippen molar-refractivity contribution < 1.29 is 9.63 Å². The number of oxime groups is 1. The fraction of sp³-hybridized carbons (Fsp3) is 0.500. The van der Waals surface area contributed by atoms with Crippen LogP contribution in [0.1, 0.15) is 12.8 Å². The Kier molecular flexibility index (Phi) is 1.49. The number of rotatable bonds is 1. The first-order chi connectivity index (χ1) is 5.40. The molecule has 2 atom stereocenters. The Balaban J connectivity index is 2.12. The maximum atomic E-state index is 10.3. The largest absolute Gasteiger partial charge is 0.388 e. The predicted molar refractivity (Wildman–Crippen MR) is 40.2 cm³/mol. The topological polar surface area (TPSA) is 38.7 Å². The van der Waals surface area contributed by atoms with Crippen molar-refractivity contribution in [3.05, 3.63) is 12.2 Å². The molecule has 0 saturated heterocycles. The van der Waals surface area contributed by atoms with Crippen LogP contribution in [0.3, 0.4) is 0 Å². The summed E-state index contributed by atoms with van der Waals surface area (Å²) in [6.45, 7) is 0. The Morgan fingerprint density at radius 2 is 2.64 bits per heavy atom. The van der Waals surface area contributed by atoms with Gasteiger partial charge in [-0.2, -0.15) is 0 Å². The summed E-state index contributed by atoms with van der Waals surface area (Å²) < 4.78 is 0. The van der Waals surface area contributed by atoms with Crippen molar-refractivity contribution in [3.63, 3.8) is 0 Å². The van der Waals surface area contributed by atoms with E-state index in [0.717, 1.165) is 19.1 Å². The zero-order chi connectivity index (χ0) is 7.68. The lowest BCUT2D eigenvalue weighted by Gasteiger charge is -2.21. The molecule has 0 spiro atoms. The molecule has 1 heterocycles. The number of allylic oxidation sites excluding steroid dienone is 1. The Labute approximate surface area is 64.7 Å². The van der Waals surface area contributed by atoms with Crippen molar-refractivity contribution >= 4 is 12.0 Å². The average molecular weight is 151 g/mol. The first kappa shape index (κ1) is 6.58. The molecule has 1 aliphatic carbocycles. The van der Waals surface area contributed by atoms with Gasteiger partial charge in [-0.05, 0) is 12.5 Å². The monoisotopic (exact) mass is 151 g/mol. The molecule has 3 nitrogen and oxygen atoms in total. The summed E-state index contributed by atoms with van der Waals surface area (Å²) in [6, 6.07) is 0. The minimum Gasteiger partial charge on any atom is -0.388 e. The van der Waals surface area contributed by atoms with Crippen LogP contribution in [0.5, 0.6) is 0 Å². The fourth-order valence-corrected chi connectivity index (χ4v) is 1.50. The third kappa shape index (κ3) is 1.06. The molecule has 1 aliphatic heterocycles. The Bertz CT molecular complexity index is 232. The average Bonchev–Trinajstić information content (AvgIpc) is 2.50. The van der Waals surface area contributed by atoms with Crippen LogP contribution in [0.2, 0.25) is 0 Å². The Morgan fingerprint density at radius 1 is 1.73 bits per heavy atom. The van der Waals surface area contributed by atoms with Gasteiger partial charge >= 0.3 is 0 Å². The summed E-state index contributed by atoms with van der Waals surface area (Å²) in [4.78, 5) is 15.4. The van der Waals surface area contributed by atoms with Crippen molar-refractivity contribution in [1.29, 1.82) is 0 Å². The lowest BCUT2D eigenvalue weighted by atomic mass is 9.97. The number of hydrogen-bond donors (Lipinski definition) is 0. The normalized spacial score (nSPS) is 34.0. The molecular formula is C8H9NO2. The first-order valence-corrected chi connectivity index (χ1v) is 3.74. The molecule has 0 radical (unpaired) electrons. The van der Waals surface area contributed by atoms with Crippen molar-refractivity contribution in [1.82, 2.24) is 0 Å².